The monoisotopic (exact) mass is 237 g/mol. The van der Waals surface area contributed by atoms with E-state index in [0.717, 1.165) is 0 Å². The number of rotatable bonds is 5. The third-order valence-corrected chi connectivity index (χ3v) is 2.02. The first-order valence-corrected chi connectivity index (χ1v) is 5.16. The Morgan fingerprint density at radius 3 is 2.41 bits per heavy atom. The maximum Gasteiger partial charge on any atom is 0.356 e. The molecular weight excluding hydrogens is 222 g/mol. The summed E-state index contributed by atoms with van der Waals surface area (Å²) < 4.78 is 0. The SMILES string of the molecule is CC(C)(CC(=O)O)NOC(=O)c1ccccc1. The molecule has 1 rings (SSSR count). The molecule has 5 nitrogen and oxygen atoms in total. The number of benzene rings is 1. The van der Waals surface area contributed by atoms with Crippen molar-refractivity contribution in [2.24, 2.45) is 0 Å². The molecule has 0 bridgehead atoms. The van der Waals surface area contributed by atoms with Gasteiger partial charge < -0.3 is 9.94 Å². The Balaban J connectivity index is 2.51. The first-order chi connectivity index (χ1) is 7.91. The van der Waals surface area contributed by atoms with Crippen LogP contribution in [0.1, 0.15) is 30.6 Å². The Morgan fingerprint density at radius 1 is 1.29 bits per heavy atom. The van der Waals surface area contributed by atoms with Gasteiger partial charge in [0.05, 0.1) is 17.5 Å². The zero-order chi connectivity index (χ0) is 12.9. The Hall–Kier alpha value is -1.88. The highest BCUT2D eigenvalue weighted by molar-refractivity contribution is 5.89. The molecule has 92 valence electrons. The predicted octanol–water partition coefficient (Wildman–Crippen LogP) is 1.60. The molecule has 5 heteroatoms. The summed E-state index contributed by atoms with van der Waals surface area (Å²) in [6, 6.07) is 8.47. The van der Waals surface area contributed by atoms with E-state index >= 15 is 0 Å². The van der Waals surface area contributed by atoms with Crippen LogP contribution >= 0.6 is 0 Å². The first-order valence-electron chi connectivity index (χ1n) is 5.16. The minimum Gasteiger partial charge on any atom is -0.481 e. The van der Waals surface area contributed by atoms with Gasteiger partial charge in [-0.05, 0) is 26.0 Å². The van der Waals surface area contributed by atoms with Gasteiger partial charge in [0.1, 0.15) is 0 Å². The lowest BCUT2D eigenvalue weighted by Gasteiger charge is -2.22. The molecular formula is C12H15NO4. The standard InChI is InChI=1S/C12H15NO4/c1-12(2,8-10(14)15)13-17-11(16)9-6-4-3-5-7-9/h3-7,13H,8H2,1-2H3,(H,14,15). The molecule has 0 heterocycles. The molecule has 1 aromatic rings. The minimum absolute atomic E-state index is 0.144. The maximum absolute atomic E-state index is 11.5. The van der Waals surface area contributed by atoms with E-state index in [1.165, 1.54) is 0 Å². The molecule has 17 heavy (non-hydrogen) atoms. The van der Waals surface area contributed by atoms with E-state index in [4.69, 9.17) is 9.94 Å². The van der Waals surface area contributed by atoms with Crippen LogP contribution < -0.4 is 5.48 Å². The van der Waals surface area contributed by atoms with Gasteiger partial charge in [-0.3, -0.25) is 4.79 Å². The normalized spacial score (nSPS) is 10.9. The second kappa shape index (κ2) is 5.45. The van der Waals surface area contributed by atoms with Crippen LogP contribution in [-0.2, 0) is 9.63 Å². The van der Waals surface area contributed by atoms with Crippen molar-refractivity contribution in [3.63, 3.8) is 0 Å². The topological polar surface area (TPSA) is 75.6 Å². The number of carboxylic acid groups (broad SMARTS) is 1. The number of hydroxylamine groups is 1. The molecule has 0 amide bonds. The highest BCUT2D eigenvalue weighted by atomic mass is 16.7. The van der Waals surface area contributed by atoms with E-state index < -0.39 is 17.5 Å². The van der Waals surface area contributed by atoms with Gasteiger partial charge in [0.25, 0.3) is 0 Å². The summed E-state index contributed by atoms with van der Waals surface area (Å²) in [6.45, 7) is 3.28. The van der Waals surface area contributed by atoms with Crippen molar-refractivity contribution in [3.8, 4) is 0 Å². The summed E-state index contributed by atoms with van der Waals surface area (Å²) >= 11 is 0. The lowest BCUT2D eigenvalue weighted by Crippen LogP contribution is -2.42. The molecule has 1 aromatic carbocycles. The zero-order valence-electron chi connectivity index (χ0n) is 9.77. The third kappa shape index (κ3) is 4.65. The van der Waals surface area contributed by atoms with Gasteiger partial charge in [0, 0.05) is 0 Å². The van der Waals surface area contributed by atoms with E-state index in [1.54, 1.807) is 44.2 Å². The fraction of sp³-hybridized carbons (Fsp3) is 0.333. The van der Waals surface area contributed by atoms with Crippen LogP contribution in [0.25, 0.3) is 0 Å². The zero-order valence-corrected chi connectivity index (χ0v) is 9.77. The molecule has 0 aliphatic carbocycles. The summed E-state index contributed by atoms with van der Waals surface area (Å²) in [5.41, 5.74) is 2.06. The fourth-order valence-electron chi connectivity index (χ4n) is 1.23. The summed E-state index contributed by atoms with van der Waals surface area (Å²) in [5.74, 6) is -1.50. The summed E-state index contributed by atoms with van der Waals surface area (Å²) in [5, 5.41) is 8.65. The van der Waals surface area contributed by atoms with Crippen molar-refractivity contribution in [1.29, 1.82) is 0 Å². The molecule has 0 radical (unpaired) electrons. The summed E-state index contributed by atoms with van der Waals surface area (Å²) in [4.78, 5) is 26.9. The number of aliphatic carboxylic acids is 1. The van der Waals surface area contributed by atoms with Gasteiger partial charge in [-0.2, -0.15) is 0 Å². The fourth-order valence-corrected chi connectivity index (χ4v) is 1.23. The lowest BCUT2D eigenvalue weighted by atomic mass is 10.0. The molecule has 0 fully saturated rings. The van der Waals surface area contributed by atoms with Crippen molar-refractivity contribution < 1.29 is 19.5 Å². The number of hydrogen-bond acceptors (Lipinski definition) is 4. The van der Waals surface area contributed by atoms with E-state index in [-0.39, 0.29) is 6.42 Å². The van der Waals surface area contributed by atoms with Crippen molar-refractivity contribution in [2.45, 2.75) is 25.8 Å². The minimum atomic E-state index is -0.960. The first kappa shape index (κ1) is 13.2. The van der Waals surface area contributed by atoms with Crippen LogP contribution in [0.5, 0.6) is 0 Å². The highest BCUT2D eigenvalue weighted by Crippen LogP contribution is 2.09. The molecule has 2 N–H and O–H groups in total. The number of carbonyl (C=O) groups excluding carboxylic acids is 1. The van der Waals surface area contributed by atoms with E-state index in [2.05, 4.69) is 5.48 Å². The van der Waals surface area contributed by atoms with Crippen LogP contribution in [0.4, 0.5) is 0 Å². The van der Waals surface area contributed by atoms with Gasteiger partial charge in [-0.1, -0.05) is 18.2 Å². The predicted molar refractivity (Wildman–Crippen MR) is 61.3 cm³/mol. The van der Waals surface area contributed by atoms with Crippen molar-refractivity contribution in [1.82, 2.24) is 5.48 Å². The Labute approximate surface area is 99.4 Å². The van der Waals surface area contributed by atoms with Crippen LogP contribution in [0.3, 0.4) is 0 Å². The smallest absolute Gasteiger partial charge is 0.356 e. The van der Waals surface area contributed by atoms with Gasteiger partial charge in [0.2, 0.25) is 0 Å². The molecule has 0 saturated heterocycles. The number of nitrogens with one attached hydrogen (secondary N) is 1. The Morgan fingerprint density at radius 2 is 1.88 bits per heavy atom. The van der Waals surface area contributed by atoms with Crippen molar-refractivity contribution >= 4 is 11.9 Å². The molecule has 0 aromatic heterocycles. The molecule has 0 saturated carbocycles. The molecule has 0 aliphatic rings. The Bertz CT molecular complexity index is 400. The lowest BCUT2D eigenvalue weighted by molar-refractivity contribution is -0.139. The number of carboxylic acids is 1. The second-order valence-corrected chi connectivity index (χ2v) is 4.31. The van der Waals surface area contributed by atoms with Gasteiger partial charge >= 0.3 is 11.9 Å². The molecule has 0 spiro atoms. The van der Waals surface area contributed by atoms with Crippen LogP contribution in [-0.4, -0.2) is 22.6 Å². The Kier molecular flexibility index (Phi) is 4.23. The van der Waals surface area contributed by atoms with E-state index in [1.807, 2.05) is 0 Å². The van der Waals surface area contributed by atoms with E-state index in [9.17, 15) is 9.59 Å². The van der Waals surface area contributed by atoms with Crippen LogP contribution in [0, 0.1) is 0 Å². The summed E-state index contributed by atoms with van der Waals surface area (Å²) in [7, 11) is 0. The van der Waals surface area contributed by atoms with Crippen molar-refractivity contribution in [2.75, 3.05) is 0 Å². The summed E-state index contributed by atoms with van der Waals surface area (Å²) in [6.07, 6.45) is -0.144. The maximum atomic E-state index is 11.5. The highest BCUT2D eigenvalue weighted by Gasteiger charge is 2.23. The van der Waals surface area contributed by atoms with Gasteiger partial charge in [-0.15, -0.1) is 5.48 Å². The molecule has 0 aliphatic heterocycles. The van der Waals surface area contributed by atoms with E-state index in [0.29, 0.717) is 5.56 Å². The molecule has 0 atom stereocenters. The average Bonchev–Trinajstić information content (AvgIpc) is 2.25. The molecule has 0 unspecified atom stereocenters. The van der Waals surface area contributed by atoms with Crippen LogP contribution in [0.2, 0.25) is 0 Å². The largest absolute Gasteiger partial charge is 0.481 e. The van der Waals surface area contributed by atoms with Gasteiger partial charge in [0.15, 0.2) is 0 Å². The van der Waals surface area contributed by atoms with Gasteiger partial charge in [-0.25, -0.2) is 4.79 Å². The quantitative estimate of drug-likeness (QED) is 0.761. The number of hydrogen-bond donors (Lipinski definition) is 2. The van der Waals surface area contributed by atoms with Crippen LogP contribution in [0.15, 0.2) is 30.3 Å². The number of carbonyl (C=O) groups is 2. The average molecular weight is 237 g/mol. The van der Waals surface area contributed by atoms with Crippen molar-refractivity contribution in [3.05, 3.63) is 35.9 Å². The third-order valence-electron chi connectivity index (χ3n) is 2.02. The second-order valence-electron chi connectivity index (χ2n) is 4.31.